The van der Waals surface area contributed by atoms with Gasteiger partial charge < -0.3 is 4.74 Å². The van der Waals surface area contributed by atoms with Crippen molar-refractivity contribution in [3.05, 3.63) is 0 Å². The van der Waals surface area contributed by atoms with Gasteiger partial charge in [-0.05, 0) is 67.6 Å². The van der Waals surface area contributed by atoms with E-state index in [1.54, 1.807) is 0 Å². The zero-order chi connectivity index (χ0) is 14.3. The van der Waals surface area contributed by atoms with E-state index in [9.17, 15) is 18.0 Å². The molecule has 0 aliphatic heterocycles. The van der Waals surface area contributed by atoms with Crippen molar-refractivity contribution in [3.8, 4) is 0 Å². The van der Waals surface area contributed by atoms with Crippen LogP contribution in [0, 0.1) is 40.9 Å². The monoisotopic (exact) mass is 288 g/mol. The molecule has 0 aromatic heterocycles. The molecular formula is C15H19F3O2. The highest BCUT2D eigenvalue weighted by atomic mass is 19.4. The van der Waals surface area contributed by atoms with Crippen LogP contribution in [0.4, 0.5) is 13.2 Å². The first-order valence-electron chi connectivity index (χ1n) is 7.55. The molecule has 2 nitrogen and oxygen atoms in total. The lowest BCUT2D eigenvalue weighted by molar-refractivity contribution is -0.255. The molecule has 4 fully saturated rings. The van der Waals surface area contributed by atoms with Crippen LogP contribution in [-0.2, 0) is 9.53 Å². The predicted octanol–water partition coefficient (Wildman–Crippen LogP) is 3.41. The number of carbonyl (C=O) groups is 1. The molecule has 4 rings (SSSR count). The molecule has 20 heavy (non-hydrogen) atoms. The van der Waals surface area contributed by atoms with Crippen LogP contribution in [-0.4, -0.2) is 19.3 Å². The van der Waals surface area contributed by atoms with Crippen molar-refractivity contribution in [1.82, 2.24) is 0 Å². The van der Waals surface area contributed by atoms with Crippen LogP contribution < -0.4 is 0 Å². The number of fused-ring (bicyclic) bond motifs is 9. The van der Waals surface area contributed by atoms with Crippen LogP contribution in [0.3, 0.4) is 0 Å². The Balaban J connectivity index is 1.76. The second-order valence-corrected chi connectivity index (χ2v) is 7.26. The SMILES string of the molecule is COC(=O)C1(C(F)(F)F)CC2CC1C1C3CCC(C3)C21. The number of halogens is 3. The highest BCUT2D eigenvalue weighted by molar-refractivity contribution is 5.79. The normalized spacial score (nSPS) is 52.4. The Morgan fingerprint density at radius 1 is 1.10 bits per heavy atom. The van der Waals surface area contributed by atoms with E-state index in [4.69, 9.17) is 0 Å². The Morgan fingerprint density at radius 2 is 1.75 bits per heavy atom. The molecule has 0 saturated heterocycles. The van der Waals surface area contributed by atoms with Crippen LogP contribution >= 0.6 is 0 Å². The van der Waals surface area contributed by atoms with E-state index in [2.05, 4.69) is 4.74 Å². The van der Waals surface area contributed by atoms with Gasteiger partial charge in [0.05, 0.1) is 7.11 Å². The minimum Gasteiger partial charge on any atom is -0.468 e. The second kappa shape index (κ2) is 3.72. The molecule has 7 unspecified atom stereocenters. The van der Waals surface area contributed by atoms with Gasteiger partial charge in [0, 0.05) is 0 Å². The summed E-state index contributed by atoms with van der Waals surface area (Å²) in [7, 11) is 1.08. The predicted molar refractivity (Wildman–Crippen MR) is 64.5 cm³/mol. The highest BCUT2D eigenvalue weighted by Crippen LogP contribution is 2.74. The topological polar surface area (TPSA) is 26.3 Å². The summed E-state index contributed by atoms with van der Waals surface area (Å²) in [6.45, 7) is 0. The Morgan fingerprint density at radius 3 is 2.35 bits per heavy atom. The van der Waals surface area contributed by atoms with Gasteiger partial charge in [-0.2, -0.15) is 13.2 Å². The maximum Gasteiger partial charge on any atom is 0.405 e. The highest BCUT2D eigenvalue weighted by Gasteiger charge is 2.77. The summed E-state index contributed by atoms with van der Waals surface area (Å²) in [5, 5.41) is 0. The molecule has 0 heterocycles. The van der Waals surface area contributed by atoms with Crippen LogP contribution in [0.1, 0.15) is 32.1 Å². The number of hydrogen-bond acceptors (Lipinski definition) is 2. The minimum atomic E-state index is -4.48. The van der Waals surface area contributed by atoms with Crippen LogP contribution in [0.25, 0.3) is 0 Å². The zero-order valence-electron chi connectivity index (χ0n) is 11.5. The van der Waals surface area contributed by atoms with Gasteiger partial charge in [0.1, 0.15) is 0 Å². The van der Waals surface area contributed by atoms with Gasteiger partial charge in [-0.1, -0.05) is 0 Å². The fraction of sp³-hybridized carbons (Fsp3) is 0.933. The summed E-state index contributed by atoms with van der Waals surface area (Å²) in [5.74, 6) is 0.141. The summed E-state index contributed by atoms with van der Waals surface area (Å²) in [6, 6.07) is 0. The Kier molecular flexibility index (Phi) is 2.41. The molecule has 5 heteroatoms. The number of esters is 1. The maximum atomic E-state index is 13.7. The molecule has 0 radical (unpaired) electrons. The zero-order valence-corrected chi connectivity index (χ0v) is 11.5. The summed E-state index contributed by atoms with van der Waals surface area (Å²) < 4.78 is 45.7. The summed E-state index contributed by atoms with van der Waals surface area (Å²) in [5.41, 5.74) is -2.21. The number of alkyl halides is 3. The Hall–Kier alpha value is -0.740. The maximum absolute atomic E-state index is 13.7. The molecule has 0 amide bonds. The van der Waals surface area contributed by atoms with Gasteiger partial charge >= 0.3 is 12.1 Å². The quantitative estimate of drug-likeness (QED) is 0.546. The van der Waals surface area contributed by atoms with Gasteiger partial charge in [-0.25, -0.2) is 0 Å². The molecular weight excluding hydrogens is 269 g/mol. The fourth-order valence-corrected chi connectivity index (χ4v) is 6.49. The van der Waals surface area contributed by atoms with E-state index < -0.39 is 23.5 Å². The van der Waals surface area contributed by atoms with E-state index >= 15 is 0 Å². The van der Waals surface area contributed by atoms with E-state index in [0.717, 1.165) is 20.0 Å². The van der Waals surface area contributed by atoms with Crippen molar-refractivity contribution in [2.24, 2.45) is 40.9 Å². The van der Waals surface area contributed by atoms with E-state index in [-0.39, 0.29) is 18.3 Å². The van der Waals surface area contributed by atoms with Crippen molar-refractivity contribution >= 4 is 5.97 Å². The van der Waals surface area contributed by atoms with Crippen molar-refractivity contribution in [2.45, 2.75) is 38.3 Å². The lowest BCUT2D eigenvalue weighted by atomic mass is 9.60. The first kappa shape index (κ1) is 13.0. The average Bonchev–Trinajstić information content (AvgIpc) is 3.12. The van der Waals surface area contributed by atoms with Crippen LogP contribution in [0.15, 0.2) is 0 Å². The molecule has 7 atom stereocenters. The smallest absolute Gasteiger partial charge is 0.405 e. The molecule has 112 valence electrons. The molecule has 0 spiro atoms. The molecule has 4 bridgehead atoms. The molecule has 0 N–H and O–H groups in total. The largest absolute Gasteiger partial charge is 0.468 e. The van der Waals surface area contributed by atoms with Crippen molar-refractivity contribution in [1.29, 1.82) is 0 Å². The standard InChI is InChI=1S/C15H19F3O2/c1-20-13(19)14(15(16,17)18)6-9-5-10(14)12-8-3-2-7(4-8)11(9)12/h7-12H,2-6H2,1H3. The van der Waals surface area contributed by atoms with E-state index in [1.165, 1.54) is 6.42 Å². The van der Waals surface area contributed by atoms with Crippen LogP contribution in [0.5, 0.6) is 0 Å². The van der Waals surface area contributed by atoms with Gasteiger partial charge in [0.15, 0.2) is 5.41 Å². The number of rotatable bonds is 1. The van der Waals surface area contributed by atoms with Gasteiger partial charge in [0.2, 0.25) is 0 Å². The van der Waals surface area contributed by atoms with Crippen LogP contribution in [0.2, 0.25) is 0 Å². The lowest BCUT2D eigenvalue weighted by Gasteiger charge is -2.45. The summed E-state index contributed by atoms with van der Waals surface area (Å²) in [6.07, 6.45) is -0.588. The second-order valence-electron chi connectivity index (χ2n) is 7.26. The Labute approximate surface area is 116 Å². The van der Waals surface area contributed by atoms with E-state index in [1.807, 2.05) is 0 Å². The number of carbonyl (C=O) groups excluding carboxylic acids is 1. The molecule has 4 aliphatic carbocycles. The van der Waals surface area contributed by atoms with E-state index in [0.29, 0.717) is 24.2 Å². The van der Waals surface area contributed by atoms with Gasteiger partial charge in [-0.3, -0.25) is 4.79 Å². The molecule has 4 saturated carbocycles. The first-order valence-corrected chi connectivity index (χ1v) is 7.55. The first-order chi connectivity index (χ1) is 9.40. The summed E-state index contributed by atoms with van der Waals surface area (Å²) in [4.78, 5) is 12.0. The van der Waals surface area contributed by atoms with Crippen molar-refractivity contribution < 1.29 is 22.7 Å². The third-order valence-corrected chi connectivity index (χ3v) is 6.89. The lowest BCUT2D eigenvalue weighted by Crippen LogP contribution is -2.54. The number of ether oxygens (including phenoxy) is 1. The van der Waals surface area contributed by atoms with Crippen molar-refractivity contribution in [3.63, 3.8) is 0 Å². The van der Waals surface area contributed by atoms with Gasteiger partial charge in [-0.15, -0.1) is 0 Å². The third-order valence-electron chi connectivity index (χ3n) is 6.89. The molecule has 0 aromatic carbocycles. The molecule has 0 aromatic rings. The summed E-state index contributed by atoms with van der Waals surface area (Å²) >= 11 is 0. The average molecular weight is 288 g/mol. The van der Waals surface area contributed by atoms with Gasteiger partial charge in [0.25, 0.3) is 0 Å². The molecule has 4 aliphatic rings. The third kappa shape index (κ3) is 1.26. The van der Waals surface area contributed by atoms with Crippen molar-refractivity contribution in [2.75, 3.05) is 7.11 Å². The number of hydrogen-bond donors (Lipinski definition) is 0. The Bertz CT molecular complexity index is 461. The number of methoxy groups -OCH3 is 1. The minimum absolute atomic E-state index is 0.0295. The fourth-order valence-electron chi connectivity index (χ4n) is 6.49.